The van der Waals surface area contributed by atoms with Crippen LogP contribution in [0.2, 0.25) is 0 Å². The molecule has 1 aromatic rings. The molecular weight excluding hydrogens is 244 g/mol. The van der Waals surface area contributed by atoms with Crippen molar-refractivity contribution in [1.82, 2.24) is 10.2 Å². The molecule has 1 aliphatic carbocycles. The minimum absolute atomic E-state index is 0.426. The van der Waals surface area contributed by atoms with Crippen LogP contribution in [0.3, 0.4) is 0 Å². The van der Waals surface area contributed by atoms with Gasteiger partial charge in [0.2, 0.25) is 0 Å². The Kier molecular flexibility index (Phi) is 4.87. The first-order chi connectivity index (χ1) is 9.42. The highest BCUT2D eigenvalue weighted by molar-refractivity contribution is 5.39. The Morgan fingerprint density at radius 3 is 2.25 bits per heavy atom. The second-order valence-corrected chi connectivity index (χ2v) is 6.85. The minimum atomic E-state index is 0.426. The third-order valence-electron chi connectivity index (χ3n) is 4.75. The van der Waals surface area contributed by atoms with Gasteiger partial charge in [0.05, 0.1) is 0 Å². The summed E-state index contributed by atoms with van der Waals surface area (Å²) in [5.41, 5.74) is 5.66. The monoisotopic (exact) mass is 274 g/mol. The topological polar surface area (TPSA) is 15.3 Å². The molecule has 0 saturated heterocycles. The van der Waals surface area contributed by atoms with E-state index in [4.69, 9.17) is 0 Å². The Balaban J connectivity index is 2.07. The summed E-state index contributed by atoms with van der Waals surface area (Å²) < 4.78 is 0. The molecule has 1 aromatic carbocycles. The quantitative estimate of drug-likeness (QED) is 0.854. The Hall–Kier alpha value is -0.860. The SMILES string of the molecule is CNC(CN(C)CC1CC1C)c1c(C)cc(C)cc1C. The van der Waals surface area contributed by atoms with Gasteiger partial charge in [-0.2, -0.15) is 0 Å². The molecule has 0 bridgehead atoms. The van der Waals surface area contributed by atoms with Gasteiger partial charge in [0.1, 0.15) is 0 Å². The predicted molar refractivity (Wildman–Crippen MR) is 87.2 cm³/mol. The van der Waals surface area contributed by atoms with E-state index in [2.05, 4.69) is 64.1 Å². The number of likely N-dealkylation sites (N-methyl/N-ethyl adjacent to an activating group) is 2. The number of nitrogens with zero attached hydrogens (tertiary/aromatic N) is 1. The van der Waals surface area contributed by atoms with E-state index in [1.165, 1.54) is 35.2 Å². The molecule has 2 heteroatoms. The average molecular weight is 274 g/mol. The van der Waals surface area contributed by atoms with Crippen LogP contribution >= 0.6 is 0 Å². The number of nitrogens with one attached hydrogen (secondary N) is 1. The van der Waals surface area contributed by atoms with Crippen molar-refractivity contribution >= 4 is 0 Å². The summed E-state index contributed by atoms with van der Waals surface area (Å²) in [5.74, 6) is 1.87. The van der Waals surface area contributed by atoms with Gasteiger partial charge in [-0.05, 0) is 69.8 Å². The summed E-state index contributed by atoms with van der Waals surface area (Å²) in [7, 11) is 4.34. The molecule has 2 rings (SSSR count). The number of rotatable bonds is 6. The van der Waals surface area contributed by atoms with Gasteiger partial charge in [-0.1, -0.05) is 24.6 Å². The van der Waals surface area contributed by atoms with Gasteiger partial charge in [-0.3, -0.25) is 0 Å². The van der Waals surface area contributed by atoms with Gasteiger partial charge in [0.15, 0.2) is 0 Å². The molecule has 3 atom stereocenters. The van der Waals surface area contributed by atoms with Crippen LogP contribution in [0.4, 0.5) is 0 Å². The molecule has 20 heavy (non-hydrogen) atoms. The van der Waals surface area contributed by atoms with E-state index in [1.54, 1.807) is 0 Å². The van der Waals surface area contributed by atoms with Crippen molar-refractivity contribution in [3.8, 4) is 0 Å². The minimum Gasteiger partial charge on any atom is -0.312 e. The van der Waals surface area contributed by atoms with Crippen LogP contribution in [0.5, 0.6) is 0 Å². The van der Waals surface area contributed by atoms with Crippen molar-refractivity contribution in [2.45, 2.75) is 40.2 Å². The van der Waals surface area contributed by atoms with E-state index in [-0.39, 0.29) is 0 Å². The smallest absolute Gasteiger partial charge is 0.0452 e. The molecule has 3 unspecified atom stereocenters. The highest BCUT2D eigenvalue weighted by Crippen LogP contribution is 2.38. The zero-order valence-corrected chi connectivity index (χ0v) is 14.0. The molecule has 0 radical (unpaired) electrons. The third kappa shape index (κ3) is 3.62. The van der Waals surface area contributed by atoms with Crippen molar-refractivity contribution in [2.24, 2.45) is 11.8 Å². The molecule has 1 aliphatic rings. The van der Waals surface area contributed by atoms with Crippen LogP contribution < -0.4 is 5.32 Å². The van der Waals surface area contributed by atoms with Crippen LogP contribution in [0.1, 0.15) is 41.6 Å². The van der Waals surface area contributed by atoms with Gasteiger partial charge in [-0.25, -0.2) is 0 Å². The standard InChI is InChI=1S/C18H30N2/c1-12-7-14(3)18(15(4)8-12)17(19-5)11-20(6)10-16-9-13(16)2/h7-8,13,16-17,19H,9-11H2,1-6H3. The maximum absolute atomic E-state index is 3.51. The molecule has 0 heterocycles. The van der Waals surface area contributed by atoms with Crippen LogP contribution in [0.15, 0.2) is 12.1 Å². The molecule has 0 aromatic heterocycles. The lowest BCUT2D eigenvalue weighted by Gasteiger charge is -2.27. The normalized spacial score (nSPS) is 23.1. The number of benzene rings is 1. The number of hydrogen-bond acceptors (Lipinski definition) is 2. The molecular formula is C18H30N2. The summed E-state index contributed by atoms with van der Waals surface area (Å²) in [4.78, 5) is 2.49. The van der Waals surface area contributed by atoms with Crippen molar-refractivity contribution in [3.05, 3.63) is 34.4 Å². The van der Waals surface area contributed by atoms with Crippen LogP contribution in [-0.2, 0) is 0 Å². The van der Waals surface area contributed by atoms with E-state index < -0.39 is 0 Å². The van der Waals surface area contributed by atoms with Gasteiger partial charge >= 0.3 is 0 Å². The van der Waals surface area contributed by atoms with Crippen LogP contribution in [0.25, 0.3) is 0 Å². The predicted octanol–water partition coefficient (Wildman–Crippen LogP) is 3.46. The lowest BCUT2D eigenvalue weighted by atomic mass is 9.93. The maximum atomic E-state index is 3.51. The van der Waals surface area contributed by atoms with E-state index in [0.29, 0.717) is 6.04 Å². The molecule has 0 aliphatic heterocycles. The fraction of sp³-hybridized carbons (Fsp3) is 0.667. The Morgan fingerprint density at radius 1 is 1.25 bits per heavy atom. The fourth-order valence-electron chi connectivity index (χ4n) is 3.51. The second-order valence-electron chi connectivity index (χ2n) is 6.85. The molecule has 112 valence electrons. The summed E-state index contributed by atoms with van der Waals surface area (Å²) in [6, 6.07) is 5.03. The summed E-state index contributed by atoms with van der Waals surface area (Å²) >= 11 is 0. The van der Waals surface area contributed by atoms with Crippen LogP contribution in [-0.4, -0.2) is 32.1 Å². The summed E-state index contributed by atoms with van der Waals surface area (Å²) in [6.45, 7) is 11.3. The van der Waals surface area contributed by atoms with Gasteiger partial charge < -0.3 is 10.2 Å². The Morgan fingerprint density at radius 2 is 1.80 bits per heavy atom. The Labute approximate surface area is 124 Å². The molecule has 1 N–H and O–H groups in total. The molecule has 1 fully saturated rings. The van der Waals surface area contributed by atoms with Crippen molar-refractivity contribution < 1.29 is 0 Å². The third-order valence-corrected chi connectivity index (χ3v) is 4.75. The van der Waals surface area contributed by atoms with E-state index >= 15 is 0 Å². The fourth-order valence-corrected chi connectivity index (χ4v) is 3.51. The molecule has 2 nitrogen and oxygen atoms in total. The van der Waals surface area contributed by atoms with E-state index in [1.807, 2.05) is 0 Å². The van der Waals surface area contributed by atoms with Crippen molar-refractivity contribution in [2.75, 3.05) is 27.2 Å². The lowest BCUT2D eigenvalue weighted by Crippen LogP contribution is -2.33. The molecule has 0 amide bonds. The summed E-state index contributed by atoms with van der Waals surface area (Å²) in [6.07, 6.45) is 1.41. The first kappa shape index (κ1) is 15.5. The lowest BCUT2D eigenvalue weighted by molar-refractivity contribution is 0.281. The molecule has 0 spiro atoms. The number of hydrogen-bond donors (Lipinski definition) is 1. The zero-order chi connectivity index (χ0) is 14.9. The van der Waals surface area contributed by atoms with E-state index in [9.17, 15) is 0 Å². The Bertz CT molecular complexity index is 443. The van der Waals surface area contributed by atoms with Crippen molar-refractivity contribution in [3.63, 3.8) is 0 Å². The number of aryl methyl sites for hydroxylation is 3. The van der Waals surface area contributed by atoms with Gasteiger partial charge in [0.25, 0.3) is 0 Å². The average Bonchev–Trinajstić information content (AvgIpc) is 3.01. The summed E-state index contributed by atoms with van der Waals surface area (Å²) in [5, 5.41) is 3.51. The van der Waals surface area contributed by atoms with E-state index in [0.717, 1.165) is 18.4 Å². The van der Waals surface area contributed by atoms with Gasteiger partial charge in [0, 0.05) is 19.1 Å². The van der Waals surface area contributed by atoms with Gasteiger partial charge in [-0.15, -0.1) is 0 Å². The highest BCUT2D eigenvalue weighted by Gasteiger charge is 2.33. The second kappa shape index (κ2) is 6.28. The molecule has 1 saturated carbocycles. The first-order valence-electron chi connectivity index (χ1n) is 7.86. The highest BCUT2D eigenvalue weighted by atomic mass is 15.1. The largest absolute Gasteiger partial charge is 0.312 e. The first-order valence-corrected chi connectivity index (χ1v) is 7.86. The van der Waals surface area contributed by atoms with Crippen LogP contribution in [0, 0.1) is 32.6 Å². The van der Waals surface area contributed by atoms with Crippen molar-refractivity contribution in [1.29, 1.82) is 0 Å². The maximum Gasteiger partial charge on any atom is 0.0452 e. The zero-order valence-electron chi connectivity index (χ0n) is 14.0.